The lowest BCUT2D eigenvalue weighted by molar-refractivity contribution is 0.135. The summed E-state index contributed by atoms with van der Waals surface area (Å²) >= 11 is 1.31. The van der Waals surface area contributed by atoms with E-state index in [4.69, 9.17) is 4.74 Å². The van der Waals surface area contributed by atoms with E-state index in [0.29, 0.717) is 23.6 Å². The lowest BCUT2D eigenvalue weighted by Crippen LogP contribution is -2.48. The van der Waals surface area contributed by atoms with Gasteiger partial charge in [-0.05, 0) is 32.4 Å². The highest BCUT2D eigenvalue weighted by Gasteiger charge is 2.32. The number of anilines is 1. The topological polar surface area (TPSA) is 79.4 Å². The van der Waals surface area contributed by atoms with Crippen molar-refractivity contribution in [1.29, 1.82) is 0 Å². The number of ether oxygens (including phenoxy) is 1. The fraction of sp³-hybridized carbons (Fsp3) is 0.769. The van der Waals surface area contributed by atoms with E-state index in [0.717, 1.165) is 32.7 Å². The Labute approximate surface area is 128 Å². The van der Waals surface area contributed by atoms with Gasteiger partial charge in [0, 0.05) is 25.1 Å². The minimum atomic E-state index is -0.213. The number of nitrogens with zero attached hydrogens (tertiary/aromatic N) is 3. The molecule has 2 saturated heterocycles. The Bertz CT molecular complexity index is 427. The Kier molecular flexibility index (Phi) is 5.00. The van der Waals surface area contributed by atoms with Crippen LogP contribution in [0.25, 0.3) is 0 Å². The van der Waals surface area contributed by atoms with Crippen molar-refractivity contribution in [2.24, 2.45) is 5.92 Å². The second-order valence-electron chi connectivity index (χ2n) is 5.51. The molecule has 7 nitrogen and oxygen atoms in total. The van der Waals surface area contributed by atoms with Crippen LogP contribution < -0.4 is 10.6 Å². The molecule has 116 valence electrons. The number of carbonyl (C=O) groups excluding carboxylic acids is 1. The van der Waals surface area contributed by atoms with E-state index >= 15 is 0 Å². The molecule has 2 atom stereocenters. The number of hydrogen-bond acceptors (Lipinski definition) is 6. The molecular formula is C13H21N5O2S. The van der Waals surface area contributed by atoms with E-state index in [1.807, 2.05) is 0 Å². The summed E-state index contributed by atoms with van der Waals surface area (Å²) in [6.07, 6.45) is 3.59. The van der Waals surface area contributed by atoms with Gasteiger partial charge in [-0.1, -0.05) is 11.3 Å². The number of carbonyl (C=O) groups is 1. The van der Waals surface area contributed by atoms with E-state index in [2.05, 4.69) is 25.7 Å². The molecule has 2 N–H and O–H groups in total. The Balaban J connectivity index is 1.52. The third-order valence-corrected chi connectivity index (χ3v) is 4.78. The number of amides is 2. The predicted molar refractivity (Wildman–Crippen MR) is 80.5 cm³/mol. The van der Waals surface area contributed by atoms with Crippen LogP contribution in [0.3, 0.4) is 0 Å². The standard InChI is InChI=1S/C13H21N5O2S/c19-12(16-13-17-15-9-21-13)14-7-11(10-3-6-20-8-10)18-4-1-2-5-18/h9-11H,1-8H2,(H2,14,16,17,19)/t10-,11+/m1/s1. The molecule has 0 aromatic carbocycles. The average molecular weight is 311 g/mol. The summed E-state index contributed by atoms with van der Waals surface area (Å²) in [5.74, 6) is 0.518. The van der Waals surface area contributed by atoms with Crippen molar-refractivity contribution in [1.82, 2.24) is 20.4 Å². The van der Waals surface area contributed by atoms with Crippen LogP contribution in [0, 0.1) is 5.92 Å². The molecule has 3 rings (SSSR count). The number of nitrogens with one attached hydrogen (secondary N) is 2. The molecule has 1 aromatic rings. The molecule has 1 aromatic heterocycles. The van der Waals surface area contributed by atoms with Gasteiger partial charge in [0.15, 0.2) is 0 Å². The Morgan fingerprint density at radius 3 is 3.05 bits per heavy atom. The van der Waals surface area contributed by atoms with Crippen LogP contribution in [0.1, 0.15) is 19.3 Å². The molecule has 2 aliphatic rings. The number of rotatable bonds is 5. The van der Waals surface area contributed by atoms with Crippen molar-refractivity contribution in [2.75, 3.05) is 38.2 Å². The van der Waals surface area contributed by atoms with Crippen molar-refractivity contribution >= 4 is 22.5 Å². The molecule has 21 heavy (non-hydrogen) atoms. The van der Waals surface area contributed by atoms with Gasteiger partial charge in [-0.3, -0.25) is 10.2 Å². The summed E-state index contributed by atoms with van der Waals surface area (Å²) in [6, 6.07) is 0.157. The van der Waals surface area contributed by atoms with E-state index in [-0.39, 0.29) is 6.03 Å². The van der Waals surface area contributed by atoms with E-state index in [1.54, 1.807) is 5.51 Å². The Hall–Kier alpha value is -1.25. The molecule has 0 unspecified atom stereocenters. The number of hydrogen-bond donors (Lipinski definition) is 2. The van der Waals surface area contributed by atoms with Gasteiger partial charge < -0.3 is 10.1 Å². The molecule has 2 fully saturated rings. The normalized spacial score (nSPS) is 24.1. The molecule has 2 aliphatic heterocycles. The lowest BCUT2D eigenvalue weighted by atomic mass is 9.97. The molecule has 0 saturated carbocycles. The highest BCUT2D eigenvalue weighted by molar-refractivity contribution is 7.13. The molecule has 0 radical (unpaired) electrons. The van der Waals surface area contributed by atoms with Crippen molar-refractivity contribution in [3.8, 4) is 0 Å². The monoisotopic (exact) mass is 311 g/mol. The van der Waals surface area contributed by atoms with E-state index in [9.17, 15) is 4.79 Å². The second-order valence-corrected chi connectivity index (χ2v) is 6.35. The maximum Gasteiger partial charge on any atom is 0.321 e. The minimum Gasteiger partial charge on any atom is -0.381 e. The van der Waals surface area contributed by atoms with Crippen LogP contribution in [0.5, 0.6) is 0 Å². The first-order valence-corrected chi connectivity index (χ1v) is 8.34. The highest BCUT2D eigenvalue weighted by Crippen LogP contribution is 2.24. The first kappa shape index (κ1) is 14.7. The minimum absolute atomic E-state index is 0.213. The molecule has 0 bridgehead atoms. The van der Waals surface area contributed by atoms with Gasteiger partial charge in [0.25, 0.3) is 0 Å². The quantitative estimate of drug-likeness (QED) is 0.853. The van der Waals surface area contributed by atoms with Crippen LogP contribution in [0.4, 0.5) is 9.93 Å². The summed E-state index contributed by atoms with van der Waals surface area (Å²) in [5.41, 5.74) is 1.60. The van der Waals surface area contributed by atoms with Gasteiger partial charge >= 0.3 is 6.03 Å². The third-order valence-electron chi connectivity index (χ3n) is 4.17. The summed E-state index contributed by atoms with van der Waals surface area (Å²) in [6.45, 7) is 4.55. The maximum atomic E-state index is 11.9. The molecule has 0 aliphatic carbocycles. The summed E-state index contributed by atoms with van der Waals surface area (Å²) < 4.78 is 5.52. The molecule has 0 spiro atoms. The largest absolute Gasteiger partial charge is 0.381 e. The van der Waals surface area contributed by atoms with Crippen LogP contribution in [-0.4, -0.2) is 60.0 Å². The zero-order valence-electron chi connectivity index (χ0n) is 12.0. The number of likely N-dealkylation sites (tertiary alicyclic amines) is 1. The van der Waals surface area contributed by atoms with Gasteiger partial charge in [-0.2, -0.15) is 0 Å². The first-order valence-electron chi connectivity index (χ1n) is 7.46. The van der Waals surface area contributed by atoms with Crippen molar-refractivity contribution in [3.63, 3.8) is 0 Å². The average Bonchev–Trinajstić information content (AvgIpc) is 3.23. The summed E-state index contributed by atoms with van der Waals surface area (Å²) in [4.78, 5) is 14.4. The van der Waals surface area contributed by atoms with Crippen molar-refractivity contribution in [3.05, 3.63) is 5.51 Å². The zero-order chi connectivity index (χ0) is 14.5. The highest BCUT2D eigenvalue weighted by atomic mass is 32.1. The van der Waals surface area contributed by atoms with Gasteiger partial charge in [0.2, 0.25) is 5.13 Å². The van der Waals surface area contributed by atoms with Gasteiger partial charge in [-0.15, -0.1) is 10.2 Å². The van der Waals surface area contributed by atoms with Crippen LogP contribution in [-0.2, 0) is 4.74 Å². The van der Waals surface area contributed by atoms with Crippen LogP contribution in [0.2, 0.25) is 0 Å². The maximum absolute atomic E-state index is 11.9. The van der Waals surface area contributed by atoms with Gasteiger partial charge in [-0.25, -0.2) is 4.79 Å². The molecular weight excluding hydrogens is 290 g/mol. The van der Waals surface area contributed by atoms with Crippen LogP contribution >= 0.6 is 11.3 Å². The third kappa shape index (κ3) is 3.90. The number of urea groups is 1. The van der Waals surface area contributed by atoms with Crippen molar-refractivity contribution < 1.29 is 9.53 Å². The summed E-state index contributed by atoms with van der Waals surface area (Å²) in [7, 11) is 0. The van der Waals surface area contributed by atoms with E-state index in [1.165, 1.54) is 24.2 Å². The van der Waals surface area contributed by atoms with Crippen molar-refractivity contribution in [2.45, 2.75) is 25.3 Å². The predicted octanol–water partition coefficient (Wildman–Crippen LogP) is 1.16. The van der Waals surface area contributed by atoms with Crippen LogP contribution in [0.15, 0.2) is 5.51 Å². The Morgan fingerprint density at radius 2 is 2.38 bits per heavy atom. The van der Waals surface area contributed by atoms with Gasteiger partial charge in [0.1, 0.15) is 5.51 Å². The number of aromatic nitrogens is 2. The Morgan fingerprint density at radius 1 is 1.52 bits per heavy atom. The molecule has 3 heterocycles. The molecule has 8 heteroatoms. The summed E-state index contributed by atoms with van der Waals surface area (Å²) in [5, 5.41) is 13.7. The fourth-order valence-electron chi connectivity index (χ4n) is 3.09. The van der Waals surface area contributed by atoms with E-state index < -0.39 is 0 Å². The van der Waals surface area contributed by atoms with Gasteiger partial charge in [0.05, 0.1) is 6.61 Å². The second kappa shape index (κ2) is 7.15. The fourth-order valence-corrected chi connectivity index (χ4v) is 3.53. The first-order chi connectivity index (χ1) is 10.3. The SMILES string of the molecule is O=C(NC[C@@H]([C@@H]1CCOC1)N1CCCC1)Nc1nncs1. The molecule has 2 amide bonds. The smallest absolute Gasteiger partial charge is 0.321 e. The lowest BCUT2D eigenvalue weighted by Gasteiger charge is -2.31. The zero-order valence-corrected chi connectivity index (χ0v) is 12.8.